The minimum absolute atomic E-state index is 0.0455. The average Bonchev–Trinajstić information content (AvgIpc) is 2.41. The van der Waals surface area contributed by atoms with Crippen LogP contribution in [-0.2, 0) is 9.59 Å². The molecule has 0 aliphatic carbocycles. The van der Waals surface area contributed by atoms with Gasteiger partial charge in [-0.25, -0.2) is 0 Å². The predicted octanol–water partition coefficient (Wildman–Crippen LogP) is 1.32. The van der Waals surface area contributed by atoms with Crippen molar-refractivity contribution in [1.82, 2.24) is 10.2 Å². The number of amides is 2. The highest BCUT2D eigenvalue weighted by molar-refractivity contribution is 6.31. The van der Waals surface area contributed by atoms with Crippen LogP contribution in [0.25, 0.3) is 0 Å². The Balaban J connectivity index is 2.33. The molecule has 0 aliphatic rings. The van der Waals surface area contributed by atoms with Crippen molar-refractivity contribution >= 4 is 34.8 Å². The van der Waals surface area contributed by atoms with Crippen LogP contribution in [0.15, 0.2) is 18.2 Å². The van der Waals surface area contributed by atoms with Crippen LogP contribution < -0.4 is 16.4 Å². The van der Waals surface area contributed by atoms with Crippen LogP contribution >= 0.6 is 11.6 Å². The molecule has 0 saturated heterocycles. The monoisotopic (exact) mass is 312 g/mol. The molecule has 21 heavy (non-hydrogen) atoms. The van der Waals surface area contributed by atoms with E-state index in [2.05, 4.69) is 10.6 Å². The van der Waals surface area contributed by atoms with Gasteiger partial charge in [0, 0.05) is 18.5 Å². The fourth-order valence-corrected chi connectivity index (χ4v) is 1.95. The lowest BCUT2D eigenvalue weighted by Gasteiger charge is -2.15. The molecule has 0 saturated carbocycles. The van der Waals surface area contributed by atoms with Crippen molar-refractivity contribution in [2.24, 2.45) is 0 Å². The molecular weight excluding hydrogens is 292 g/mol. The molecule has 1 aromatic rings. The summed E-state index contributed by atoms with van der Waals surface area (Å²) in [5.41, 5.74) is 6.76. The molecular formula is C14H21ClN4O2. The molecule has 4 N–H and O–H groups in total. The number of nitrogen functional groups attached to an aromatic ring is 1. The van der Waals surface area contributed by atoms with Crippen molar-refractivity contribution in [2.45, 2.75) is 12.8 Å². The zero-order chi connectivity index (χ0) is 15.8. The van der Waals surface area contributed by atoms with E-state index in [4.69, 9.17) is 17.3 Å². The van der Waals surface area contributed by atoms with E-state index in [9.17, 15) is 9.59 Å². The van der Waals surface area contributed by atoms with E-state index in [1.807, 2.05) is 11.9 Å². The molecule has 2 amide bonds. The van der Waals surface area contributed by atoms with Crippen molar-refractivity contribution in [1.29, 1.82) is 0 Å². The Morgan fingerprint density at radius 2 is 2.05 bits per heavy atom. The lowest BCUT2D eigenvalue weighted by Crippen LogP contribution is -2.33. The Morgan fingerprint density at radius 1 is 1.33 bits per heavy atom. The molecule has 0 radical (unpaired) electrons. The molecule has 0 spiro atoms. The lowest BCUT2D eigenvalue weighted by atomic mass is 10.2. The Kier molecular flexibility index (Phi) is 6.98. The van der Waals surface area contributed by atoms with Gasteiger partial charge in [-0.05, 0) is 38.2 Å². The summed E-state index contributed by atoms with van der Waals surface area (Å²) in [4.78, 5) is 24.8. The third-order valence-corrected chi connectivity index (χ3v) is 3.16. The largest absolute Gasteiger partial charge is 0.397 e. The molecule has 1 rings (SSSR count). The molecule has 0 fully saturated rings. The summed E-state index contributed by atoms with van der Waals surface area (Å²) < 4.78 is 0. The van der Waals surface area contributed by atoms with Crippen LogP contribution in [0.3, 0.4) is 0 Å². The van der Waals surface area contributed by atoms with Crippen molar-refractivity contribution in [3.63, 3.8) is 0 Å². The third-order valence-electron chi connectivity index (χ3n) is 2.92. The molecule has 0 aliphatic heterocycles. The molecule has 7 heteroatoms. The van der Waals surface area contributed by atoms with E-state index in [0.29, 0.717) is 42.3 Å². The number of benzene rings is 1. The number of nitrogens with zero attached hydrogens (tertiary/aromatic N) is 1. The molecule has 0 unspecified atom stereocenters. The van der Waals surface area contributed by atoms with Crippen LogP contribution in [0.5, 0.6) is 0 Å². The highest BCUT2D eigenvalue weighted by atomic mass is 35.5. The first-order chi connectivity index (χ1) is 9.92. The zero-order valence-corrected chi connectivity index (χ0v) is 13.0. The summed E-state index contributed by atoms with van der Waals surface area (Å²) in [5.74, 6) is -0.159. The first-order valence-corrected chi connectivity index (χ1v) is 7.04. The van der Waals surface area contributed by atoms with E-state index < -0.39 is 0 Å². The van der Waals surface area contributed by atoms with E-state index in [-0.39, 0.29) is 11.8 Å². The van der Waals surface area contributed by atoms with Crippen LogP contribution in [0, 0.1) is 0 Å². The van der Waals surface area contributed by atoms with Gasteiger partial charge in [0.1, 0.15) is 0 Å². The van der Waals surface area contributed by atoms with Crippen LogP contribution in [0.4, 0.5) is 11.4 Å². The Labute approximate surface area is 129 Å². The minimum Gasteiger partial charge on any atom is -0.397 e. The molecule has 0 aromatic heterocycles. The van der Waals surface area contributed by atoms with Crippen molar-refractivity contribution in [3.05, 3.63) is 23.2 Å². The Bertz CT molecular complexity index is 508. The summed E-state index contributed by atoms with van der Waals surface area (Å²) in [5, 5.41) is 5.83. The average molecular weight is 313 g/mol. The fraction of sp³-hybridized carbons (Fsp3) is 0.429. The maximum Gasteiger partial charge on any atom is 0.233 e. The summed E-state index contributed by atoms with van der Waals surface area (Å²) in [6.07, 6.45) is 1.02. The van der Waals surface area contributed by atoms with Crippen LogP contribution in [0.2, 0.25) is 5.02 Å². The standard InChI is InChI=1S/C14H21ClN4O2/c1-17-14(21)9-19(2)7-3-4-13(20)18-12-6-5-10(15)8-11(12)16/h5-6,8H,3-4,7,9,16H2,1-2H3,(H,17,21)(H,18,20). The van der Waals surface area contributed by atoms with Gasteiger partial charge in [0.15, 0.2) is 0 Å². The molecule has 116 valence electrons. The normalized spacial score (nSPS) is 10.5. The van der Waals surface area contributed by atoms with Crippen LogP contribution in [0.1, 0.15) is 12.8 Å². The number of anilines is 2. The third kappa shape index (κ3) is 6.46. The van der Waals surface area contributed by atoms with Gasteiger partial charge in [-0.15, -0.1) is 0 Å². The zero-order valence-electron chi connectivity index (χ0n) is 12.3. The van der Waals surface area contributed by atoms with Gasteiger partial charge < -0.3 is 16.4 Å². The van der Waals surface area contributed by atoms with E-state index in [1.54, 1.807) is 25.2 Å². The Hall–Kier alpha value is -1.79. The second-order valence-corrected chi connectivity index (χ2v) is 5.23. The highest BCUT2D eigenvalue weighted by Gasteiger charge is 2.08. The van der Waals surface area contributed by atoms with Gasteiger partial charge in [-0.2, -0.15) is 0 Å². The van der Waals surface area contributed by atoms with Gasteiger partial charge in [0.05, 0.1) is 17.9 Å². The number of carbonyl (C=O) groups excluding carboxylic acids is 2. The van der Waals surface area contributed by atoms with Crippen molar-refractivity contribution in [3.8, 4) is 0 Å². The first-order valence-electron chi connectivity index (χ1n) is 6.66. The number of likely N-dealkylation sites (N-methyl/N-ethyl adjacent to an activating group) is 2. The minimum atomic E-state index is -0.114. The molecule has 0 bridgehead atoms. The summed E-state index contributed by atoms with van der Waals surface area (Å²) >= 11 is 5.79. The summed E-state index contributed by atoms with van der Waals surface area (Å²) in [6.45, 7) is 0.985. The van der Waals surface area contributed by atoms with E-state index in [0.717, 1.165) is 0 Å². The lowest BCUT2D eigenvalue weighted by molar-refractivity contribution is -0.121. The maximum atomic E-state index is 11.8. The van der Waals surface area contributed by atoms with Gasteiger partial charge >= 0.3 is 0 Å². The topological polar surface area (TPSA) is 87.5 Å². The molecule has 1 aromatic carbocycles. The van der Waals surface area contributed by atoms with Gasteiger partial charge in [0.25, 0.3) is 0 Å². The second kappa shape index (κ2) is 8.49. The molecule has 0 atom stereocenters. The molecule has 0 heterocycles. The van der Waals surface area contributed by atoms with Gasteiger partial charge in [-0.1, -0.05) is 11.6 Å². The first kappa shape index (κ1) is 17.3. The Morgan fingerprint density at radius 3 is 2.67 bits per heavy atom. The smallest absolute Gasteiger partial charge is 0.233 e. The van der Waals surface area contributed by atoms with Crippen molar-refractivity contribution in [2.75, 3.05) is 38.2 Å². The highest BCUT2D eigenvalue weighted by Crippen LogP contribution is 2.22. The summed E-state index contributed by atoms with van der Waals surface area (Å²) in [6, 6.07) is 4.94. The van der Waals surface area contributed by atoms with E-state index in [1.165, 1.54) is 0 Å². The number of nitrogens with two attached hydrogens (primary N) is 1. The number of carbonyl (C=O) groups is 2. The number of nitrogens with one attached hydrogen (secondary N) is 2. The van der Waals surface area contributed by atoms with Crippen LogP contribution in [-0.4, -0.2) is 43.9 Å². The summed E-state index contributed by atoms with van der Waals surface area (Å²) in [7, 11) is 3.43. The number of rotatable bonds is 7. The van der Waals surface area contributed by atoms with Gasteiger partial charge in [-0.3, -0.25) is 14.5 Å². The quantitative estimate of drug-likeness (QED) is 0.663. The van der Waals surface area contributed by atoms with E-state index >= 15 is 0 Å². The second-order valence-electron chi connectivity index (χ2n) is 4.79. The predicted molar refractivity (Wildman–Crippen MR) is 85.3 cm³/mol. The number of hydrogen-bond acceptors (Lipinski definition) is 4. The van der Waals surface area contributed by atoms with Crippen molar-refractivity contribution < 1.29 is 9.59 Å². The fourth-order valence-electron chi connectivity index (χ4n) is 1.77. The number of hydrogen-bond donors (Lipinski definition) is 3. The number of halogens is 1. The molecule has 6 nitrogen and oxygen atoms in total. The van der Waals surface area contributed by atoms with Gasteiger partial charge in [0.2, 0.25) is 11.8 Å². The SMILES string of the molecule is CNC(=O)CN(C)CCCC(=O)Nc1ccc(Cl)cc1N. The maximum absolute atomic E-state index is 11.8.